The molecule has 1 aromatic carbocycles. The molecular weight excluding hydrogens is 222 g/mol. The second-order valence-electron chi connectivity index (χ2n) is 5.21. The third-order valence-electron chi connectivity index (χ3n) is 3.80. The monoisotopic (exact) mass is 247 g/mol. The fourth-order valence-electron chi connectivity index (χ4n) is 2.76. The van der Waals surface area contributed by atoms with E-state index in [1.807, 2.05) is 0 Å². The van der Waals surface area contributed by atoms with Crippen molar-refractivity contribution in [3.8, 4) is 0 Å². The van der Waals surface area contributed by atoms with Crippen molar-refractivity contribution in [3.63, 3.8) is 0 Å². The van der Waals surface area contributed by atoms with Gasteiger partial charge in [-0.3, -0.25) is 0 Å². The molecule has 0 fully saturated rings. The lowest BCUT2D eigenvalue weighted by Crippen LogP contribution is -2.09. The fraction of sp³-hybridized carbons (Fsp3) is 0.625. The van der Waals surface area contributed by atoms with E-state index in [1.165, 1.54) is 44.2 Å². The Bertz CT molecular complexity index is 362. The highest BCUT2D eigenvalue weighted by Gasteiger charge is 2.11. The van der Waals surface area contributed by atoms with E-state index >= 15 is 0 Å². The summed E-state index contributed by atoms with van der Waals surface area (Å²) in [5.74, 6) is 0. The van der Waals surface area contributed by atoms with Crippen molar-refractivity contribution < 1.29 is 5.11 Å². The Labute approximate surface area is 110 Å². The minimum atomic E-state index is 0.333. The van der Waals surface area contributed by atoms with Crippen molar-refractivity contribution in [1.82, 2.24) is 0 Å². The lowest BCUT2D eigenvalue weighted by Gasteiger charge is -2.20. The smallest absolute Gasteiger partial charge is 0.0431 e. The van der Waals surface area contributed by atoms with Crippen LogP contribution >= 0.6 is 0 Å². The van der Waals surface area contributed by atoms with Gasteiger partial charge in [0.05, 0.1) is 0 Å². The summed E-state index contributed by atoms with van der Waals surface area (Å²) < 4.78 is 0. The van der Waals surface area contributed by atoms with E-state index in [0.717, 1.165) is 19.4 Å². The molecule has 100 valence electrons. The number of hydrogen-bond acceptors (Lipinski definition) is 2. The summed E-state index contributed by atoms with van der Waals surface area (Å²) in [5.41, 5.74) is 4.46. The van der Waals surface area contributed by atoms with E-state index in [-0.39, 0.29) is 0 Å². The number of benzene rings is 1. The van der Waals surface area contributed by atoms with Crippen LogP contribution in [0.5, 0.6) is 0 Å². The third-order valence-corrected chi connectivity index (χ3v) is 3.80. The maximum Gasteiger partial charge on any atom is 0.0431 e. The van der Waals surface area contributed by atoms with Gasteiger partial charge in [0.25, 0.3) is 0 Å². The number of nitrogens with one attached hydrogen (secondary N) is 1. The first-order chi connectivity index (χ1) is 8.92. The van der Waals surface area contributed by atoms with Gasteiger partial charge in [-0.1, -0.05) is 25.0 Å². The maximum atomic E-state index is 8.72. The van der Waals surface area contributed by atoms with Crippen molar-refractivity contribution in [2.75, 3.05) is 18.5 Å². The minimum absolute atomic E-state index is 0.333. The number of aryl methyl sites for hydroxylation is 1. The van der Waals surface area contributed by atoms with Gasteiger partial charge in [0.2, 0.25) is 0 Å². The molecule has 0 radical (unpaired) electrons. The molecule has 2 N–H and O–H groups in total. The van der Waals surface area contributed by atoms with E-state index in [4.69, 9.17) is 5.11 Å². The number of rotatable bonds is 7. The van der Waals surface area contributed by atoms with Gasteiger partial charge < -0.3 is 10.4 Å². The molecule has 2 rings (SSSR count). The summed E-state index contributed by atoms with van der Waals surface area (Å²) in [6, 6.07) is 6.68. The fourth-order valence-corrected chi connectivity index (χ4v) is 2.76. The molecule has 0 aliphatic heterocycles. The zero-order valence-corrected chi connectivity index (χ0v) is 11.3. The quantitative estimate of drug-likeness (QED) is 0.722. The predicted octanol–water partition coefficient (Wildman–Crippen LogP) is 3.53. The molecule has 0 atom stereocenters. The van der Waals surface area contributed by atoms with E-state index in [0.29, 0.717) is 6.61 Å². The van der Waals surface area contributed by atoms with Crippen LogP contribution in [0.15, 0.2) is 18.2 Å². The van der Waals surface area contributed by atoms with E-state index in [1.54, 1.807) is 11.1 Å². The number of aliphatic hydroxyl groups is 1. The topological polar surface area (TPSA) is 32.3 Å². The van der Waals surface area contributed by atoms with Gasteiger partial charge in [0, 0.05) is 18.8 Å². The van der Waals surface area contributed by atoms with Crippen molar-refractivity contribution in [3.05, 3.63) is 29.3 Å². The summed E-state index contributed by atoms with van der Waals surface area (Å²) in [4.78, 5) is 0. The second kappa shape index (κ2) is 7.42. The zero-order chi connectivity index (χ0) is 12.6. The van der Waals surface area contributed by atoms with Gasteiger partial charge in [-0.15, -0.1) is 0 Å². The summed E-state index contributed by atoms with van der Waals surface area (Å²) in [5, 5.41) is 12.3. The van der Waals surface area contributed by atoms with Crippen LogP contribution < -0.4 is 5.32 Å². The van der Waals surface area contributed by atoms with E-state index in [9.17, 15) is 0 Å². The molecule has 1 aromatic rings. The molecule has 1 aliphatic carbocycles. The highest BCUT2D eigenvalue weighted by molar-refractivity contribution is 5.55. The van der Waals surface area contributed by atoms with Crippen LogP contribution in [-0.2, 0) is 12.8 Å². The Kier molecular flexibility index (Phi) is 5.53. The van der Waals surface area contributed by atoms with Crippen LogP contribution in [-0.4, -0.2) is 18.3 Å². The number of fused-ring (bicyclic) bond motifs is 1. The van der Waals surface area contributed by atoms with Crippen LogP contribution in [0.4, 0.5) is 5.69 Å². The average molecular weight is 247 g/mol. The Hall–Kier alpha value is -1.02. The largest absolute Gasteiger partial charge is 0.396 e. The first kappa shape index (κ1) is 13.4. The minimum Gasteiger partial charge on any atom is -0.396 e. The summed E-state index contributed by atoms with van der Waals surface area (Å²) in [6.07, 6.45) is 9.67. The molecular formula is C16H25NO. The molecule has 0 spiro atoms. The SMILES string of the molecule is OCCCCCCNc1cccc2c1CCCC2. The van der Waals surface area contributed by atoms with Crippen LogP contribution in [0.25, 0.3) is 0 Å². The Morgan fingerprint density at radius 2 is 1.83 bits per heavy atom. The third kappa shape index (κ3) is 3.74. The van der Waals surface area contributed by atoms with Gasteiger partial charge >= 0.3 is 0 Å². The lowest BCUT2D eigenvalue weighted by atomic mass is 9.90. The first-order valence-corrected chi connectivity index (χ1v) is 7.37. The molecule has 0 unspecified atom stereocenters. The van der Waals surface area contributed by atoms with E-state index < -0.39 is 0 Å². The van der Waals surface area contributed by atoms with Gasteiger partial charge in [-0.2, -0.15) is 0 Å². The highest BCUT2D eigenvalue weighted by Crippen LogP contribution is 2.27. The first-order valence-electron chi connectivity index (χ1n) is 7.37. The van der Waals surface area contributed by atoms with Crippen molar-refractivity contribution in [2.24, 2.45) is 0 Å². The Morgan fingerprint density at radius 3 is 2.72 bits per heavy atom. The summed E-state index contributed by atoms with van der Waals surface area (Å²) in [6.45, 7) is 1.39. The standard InChI is InChI=1S/C16H25NO/c18-13-6-2-1-5-12-17-16-11-7-9-14-8-3-4-10-15(14)16/h7,9,11,17-18H,1-6,8,10,12-13H2. The predicted molar refractivity (Wildman–Crippen MR) is 77.1 cm³/mol. The van der Waals surface area contributed by atoms with Gasteiger partial charge in [0.1, 0.15) is 0 Å². The molecule has 0 heterocycles. The van der Waals surface area contributed by atoms with Gasteiger partial charge in [0.15, 0.2) is 0 Å². The number of anilines is 1. The molecule has 2 nitrogen and oxygen atoms in total. The lowest BCUT2D eigenvalue weighted by molar-refractivity contribution is 0.283. The number of hydrogen-bond donors (Lipinski definition) is 2. The van der Waals surface area contributed by atoms with Crippen molar-refractivity contribution in [2.45, 2.75) is 51.4 Å². The van der Waals surface area contributed by atoms with Crippen LogP contribution in [0.1, 0.15) is 49.7 Å². The van der Waals surface area contributed by atoms with Gasteiger partial charge in [-0.25, -0.2) is 0 Å². The van der Waals surface area contributed by atoms with Crippen molar-refractivity contribution in [1.29, 1.82) is 0 Å². The molecule has 0 bridgehead atoms. The summed E-state index contributed by atoms with van der Waals surface area (Å²) in [7, 11) is 0. The number of unbranched alkanes of at least 4 members (excludes halogenated alkanes) is 3. The Morgan fingerprint density at radius 1 is 1.00 bits per heavy atom. The van der Waals surface area contributed by atoms with Crippen LogP contribution in [0.3, 0.4) is 0 Å². The molecule has 18 heavy (non-hydrogen) atoms. The molecule has 2 heteroatoms. The molecule has 0 saturated heterocycles. The molecule has 0 saturated carbocycles. The van der Waals surface area contributed by atoms with Gasteiger partial charge in [-0.05, 0) is 55.7 Å². The summed E-state index contributed by atoms with van der Waals surface area (Å²) >= 11 is 0. The van der Waals surface area contributed by atoms with Crippen molar-refractivity contribution >= 4 is 5.69 Å². The molecule has 0 aromatic heterocycles. The highest BCUT2D eigenvalue weighted by atomic mass is 16.2. The second-order valence-corrected chi connectivity index (χ2v) is 5.21. The Balaban J connectivity index is 1.79. The average Bonchev–Trinajstić information content (AvgIpc) is 2.43. The number of aliphatic hydroxyl groups excluding tert-OH is 1. The molecule has 1 aliphatic rings. The molecule has 0 amide bonds. The van der Waals surface area contributed by atoms with E-state index in [2.05, 4.69) is 23.5 Å². The maximum absolute atomic E-state index is 8.72. The van der Waals surface area contributed by atoms with Crippen LogP contribution in [0, 0.1) is 0 Å². The van der Waals surface area contributed by atoms with Crippen LogP contribution in [0.2, 0.25) is 0 Å². The normalized spacial score (nSPS) is 14.3. The zero-order valence-electron chi connectivity index (χ0n) is 11.3.